The molecule has 0 radical (unpaired) electrons. The maximum Gasteiger partial charge on any atom is 0.0265 e. The molecule has 0 aromatic heterocycles. The molecule has 0 aliphatic carbocycles. The van der Waals surface area contributed by atoms with Crippen LogP contribution in [0.3, 0.4) is 0 Å². The van der Waals surface area contributed by atoms with Crippen molar-refractivity contribution in [3.63, 3.8) is 0 Å². The first kappa shape index (κ1) is 6.37. The molecule has 6 heavy (non-hydrogen) atoms. The van der Waals surface area contributed by atoms with Crippen molar-refractivity contribution in [3.05, 3.63) is 0 Å². The summed E-state index contributed by atoms with van der Waals surface area (Å²) in [4.78, 5) is 0. The van der Waals surface area contributed by atoms with E-state index in [1.54, 1.807) is 6.21 Å². The number of thiol groups is 1. The normalized spacial score (nSPS) is 10.3. The van der Waals surface area contributed by atoms with Gasteiger partial charge in [-0.25, -0.2) is 4.40 Å². The number of rotatable bonds is 2. The molecule has 36 valence electrons. The monoisotopic (exact) mass is 121 g/mol. The molecule has 3 heteroatoms. The molecule has 0 atom stereocenters. The van der Waals surface area contributed by atoms with Crippen LogP contribution in [0.15, 0.2) is 4.40 Å². The average molecular weight is 121 g/mol. The highest BCUT2D eigenvalue weighted by atomic mass is 32.2. The quantitative estimate of drug-likeness (QED) is 0.329. The zero-order valence-electron chi connectivity index (χ0n) is 3.59. The lowest BCUT2D eigenvalue weighted by Crippen LogP contribution is -1.66. The third kappa shape index (κ3) is 4.37. The highest BCUT2D eigenvalue weighted by Gasteiger charge is 1.61. The molecule has 0 N–H and O–H groups in total. The van der Waals surface area contributed by atoms with Crippen molar-refractivity contribution in [2.75, 3.05) is 12.0 Å². The van der Waals surface area contributed by atoms with Crippen molar-refractivity contribution < 1.29 is 0 Å². The van der Waals surface area contributed by atoms with Gasteiger partial charge >= 0.3 is 0 Å². The molecule has 0 saturated carbocycles. The Hall–Kier alpha value is 0.370. The largest absolute Gasteiger partial charge is 0.228 e. The molecular formula is C3H7NS2. The van der Waals surface area contributed by atoms with E-state index in [0.717, 1.165) is 5.75 Å². The van der Waals surface area contributed by atoms with Crippen LogP contribution >= 0.6 is 24.6 Å². The third-order valence-electron chi connectivity index (χ3n) is 0.262. The molecule has 0 aliphatic rings. The summed E-state index contributed by atoms with van der Waals surface area (Å²) in [6.45, 7) is 0. The van der Waals surface area contributed by atoms with Crippen LogP contribution in [0.1, 0.15) is 0 Å². The van der Waals surface area contributed by atoms with Crippen LogP contribution in [0.5, 0.6) is 0 Å². The Bertz CT molecular complexity index is 38.1. The maximum atomic E-state index is 3.89. The van der Waals surface area contributed by atoms with Gasteiger partial charge in [0.1, 0.15) is 0 Å². The Morgan fingerprint density at radius 3 is 2.83 bits per heavy atom. The fraction of sp³-hybridized carbons (Fsp3) is 0.667. The van der Waals surface area contributed by atoms with Gasteiger partial charge < -0.3 is 0 Å². The van der Waals surface area contributed by atoms with Crippen LogP contribution < -0.4 is 0 Å². The second kappa shape index (κ2) is 5.37. The van der Waals surface area contributed by atoms with E-state index in [1.165, 1.54) is 11.9 Å². The van der Waals surface area contributed by atoms with Gasteiger partial charge in [0, 0.05) is 18.2 Å². The van der Waals surface area contributed by atoms with E-state index in [1.807, 2.05) is 6.26 Å². The Morgan fingerprint density at radius 1 is 2.00 bits per heavy atom. The van der Waals surface area contributed by atoms with Gasteiger partial charge in [-0.1, -0.05) is 0 Å². The number of hydrogen-bond donors (Lipinski definition) is 1. The van der Waals surface area contributed by atoms with Gasteiger partial charge in [-0.3, -0.25) is 0 Å². The summed E-state index contributed by atoms with van der Waals surface area (Å²) in [7, 11) is 0. The summed E-state index contributed by atoms with van der Waals surface area (Å²) in [6.07, 6.45) is 3.67. The highest BCUT2D eigenvalue weighted by Crippen LogP contribution is 1.88. The van der Waals surface area contributed by atoms with Crippen LogP contribution in [0.25, 0.3) is 0 Å². The Labute approximate surface area is 47.8 Å². The standard InChI is InChI=1S/C3H7NS2/c1-6-4-2-3-5/h2,5H,3H2,1H3/b4-2-. The van der Waals surface area contributed by atoms with Crippen molar-refractivity contribution in [2.24, 2.45) is 4.40 Å². The van der Waals surface area contributed by atoms with Gasteiger partial charge in [-0.2, -0.15) is 12.6 Å². The third-order valence-corrected chi connectivity index (χ3v) is 0.785. The Balaban J connectivity index is 2.73. The van der Waals surface area contributed by atoms with E-state index in [-0.39, 0.29) is 0 Å². The van der Waals surface area contributed by atoms with Crippen molar-refractivity contribution in [1.29, 1.82) is 0 Å². The smallest absolute Gasteiger partial charge is 0.0265 e. The van der Waals surface area contributed by atoms with Crippen molar-refractivity contribution >= 4 is 30.8 Å². The van der Waals surface area contributed by atoms with Crippen molar-refractivity contribution in [3.8, 4) is 0 Å². The minimum Gasteiger partial charge on any atom is -0.228 e. The van der Waals surface area contributed by atoms with E-state index in [9.17, 15) is 0 Å². The molecule has 0 amide bonds. The van der Waals surface area contributed by atoms with Crippen LogP contribution in [0.2, 0.25) is 0 Å². The van der Waals surface area contributed by atoms with Gasteiger partial charge in [-0.05, 0) is 11.9 Å². The summed E-state index contributed by atoms with van der Waals surface area (Å²) in [5.74, 6) is 0.737. The molecule has 0 unspecified atom stereocenters. The van der Waals surface area contributed by atoms with Crippen LogP contribution in [0, 0.1) is 0 Å². The fourth-order valence-electron chi connectivity index (χ4n) is 0.108. The molecule has 0 fully saturated rings. The van der Waals surface area contributed by atoms with Gasteiger partial charge in [0.25, 0.3) is 0 Å². The lowest BCUT2D eigenvalue weighted by Gasteiger charge is -1.72. The molecule has 0 heterocycles. The zero-order chi connectivity index (χ0) is 4.83. The lowest BCUT2D eigenvalue weighted by atomic mass is 10.9. The van der Waals surface area contributed by atoms with E-state index < -0.39 is 0 Å². The number of hydrogen-bond acceptors (Lipinski definition) is 3. The first-order valence-corrected chi connectivity index (χ1v) is 3.39. The van der Waals surface area contributed by atoms with Crippen LogP contribution in [0.4, 0.5) is 0 Å². The minimum atomic E-state index is 0.737. The van der Waals surface area contributed by atoms with Crippen molar-refractivity contribution in [2.45, 2.75) is 0 Å². The average Bonchev–Trinajstić information content (AvgIpc) is 1.61. The van der Waals surface area contributed by atoms with E-state index in [0.29, 0.717) is 0 Å². The summed E-state index contributed by atoms with van der Waals surface area (Å²) in [5, 5.41) is 0. The molecule has 0 bridgehead atoms. The molecule has 0 aliphatic heterocycles. The first-order chi connectivity index (χ1) is 2.91. The van der Waals surface area contributed by atoms with Gasteiger partial charge in [0.05, 0.1) is 0 Å². The summed E-state index contributed by atoms with van der Waals surface area (Å²) in [5.41, 5.74) is 0. The second-order valence-corrected chi connectivity index (χ2v) is 1.59. The van der Waals surface area contributed by atoms with Crippen LogP contribution in [-0.4, -0.2) is 18.2 Å². The molecule has 0 saturated heterocycles. The second-order valence-electron chi connectivity index (χ2n) is 0.653. The maximum absolute atomic E-state index is 3.89. The van der Waals surface area contributed by atoms with E-state index >= 15 is 0 Å². The summed E-state index contributed by atoms with van der Waals surface area (Å²) < 4.78 is 3.81. The minimum absolute atomic E-state index is 0.737. The molecule has 0 spiro atoms. The fourth-order valence-corrected chi connectivity index (χ4v) is 0.524. The predicted molar refractivity (Wildman–Crippen MR) is 35.9 cm³/mol. The van der Waals surface area contributed by atoms with Crippen molar-refractivity contribution in [1.82, 2.24) is 0 Å². The SMILES string of the molecule is CS/N=C\CS. The molecule has 0 rings (SSSR count). The molecular weight excluding hydrogens is 114 g/mol. The zero-order valence-corrected chi connectivity index (χ0v) is 5.30. The molecule has 0 aromatic carbocycles. The Morgan fingerprint density at radius 2 is 2.67 bits per heavy atom. The summed E-state index contributed by atoms with van der Waals surface area (Å²) >= 11 is 5.34. The Kier molecular flexibility index (Phi) is 5.70. The van der Waals surface area contributed by atoms with E-state index in [2.05, 4.69) is 17.0 Å². The number of nitrogens with zero attached hydrogens (tertiary/aromatic N) is 1. The van der Waals surface area contributed by atoms with Gasteiger partial charge in [-0.15, -0.1) is 0 Å². The van der Waals surface area contributed by atoms with Gasteiger partial charge in [0.2, 0.25) is 0 Å². The first-order valence-electron chi connectivity index (χ1n) is 1.57. The van der Waals surface area contributed by atoms with Crippen LogP contribution in [-0.2, 0) is 0 Å². The van der Waals surface area contributed by atoms with Gasteiger partial charge in [0.15, 0.2) is 0 Å². The molecule has 1 nitrogen and oxygen atoms in total. The lowest BCUT2D eigenvalue weighted by molar-refractivity contribution is 1.90. The predicted octanol–water partition coefficient (Wildman–Crippen LogP) is 1.26. The molecule has 0 aromatic rings. The van der Waals surface area contributed by atoms with E-state index in [4.69, 9.17) is 0 Å². The summed E-state index contributed by atoms with van der Waals surface area (Å²) in [6, 6.07) is 0. The highest BCUT2D eigenvalue weighted by molar-refractivity contribution is 7.97. The topological polar surface area (TPSA) is 12.4 Å².